The van der Waals surface area contributed by atoms with Crippen LogP contribution in [0.5, 0.6) is 0 Å². The smallest absolute Gasteiger partial charge is 0.236 e. The molecule has 0 aromatic carbocycles. The molecule has 1 N–H and O–H groups in total. The van der Waals surface area contributed by atoms with Crippen LogP contribution in [0.3, 0.4) is 0 Å². The van der Waals surface area contributed by atoms with Gasteiger partial charge in [-0.25, -0.2) is 4.99 Å². The van der Waals surface area contributed by atoms with Crippen molar-refractivity contribution in [3.05, 3.63) is 30.1 Å². The SMILES string of the molecule is CC1CCNCC2N=C(c3ccccn3)OC12. The lowest BCUT2D eigenvalue weighted by Crippen LogP contribution is -2.32. The maximum atomic E-state index is 5.99. The van der Waals surface area contributed by atoms with Crippen molar-refractivity contribution in [2.45, 2.75) is 25.5 Å². The molecule has 0 bridgehead atoms. The Hall–Kier alpha value is -1.42. The first-order valence-electron chi connectivity index (χ1n) is 6.21. The molecular weight excluding hydrogens is 214 g/mol. The number of ether oxygens (including phenoxy) is 1. The highest BCUT2D eigenvalue weighted by Gasteiger charge is 2.36. The highest BCUT2D eigenvalue weighted by atomic mass is 16.5. The van der Waals surface area contributed by atoms with Gasteiger partial charge in [-0.15, -0.1) is 0 Å². The van der Waals surface area contributed by atoms with E-state index in [1.54, 1.807) is 6.20 Å². The van der Waals surface area contributed by atoms with Gasteiger partial charge in [-0.05, 0) is 31.0 Å². The van der Waals surface area contributed by atoms with E-state index in [4.69, 9.17) is 4.74 Å². The van der Waals surface area contributed by atoms with Gasteiger partial charge in [0.1, 0.15) is 17.8 Å². The Morgan fingerprint density at radius 1 is 1.41 bits per heavy atom. The molecule has 1 aromatic heterocycles. The average Bonchev–Trinajstić information content (AvgIpc) is 2.72. The summed E-state index contributed by atoms with van der Waals surface area (Å²) in [6.07, 6.45) is 3.13. The van der Waals surface area contributed by atoms with Crippen molar-refractivity contribution >= 4 is 5.90 Å². The average molecular weight is 231 g/mol. The molecule has 90 valence electrons. The molecule has 3 rings (SSSR count). The lowest BCUT2D eigenvalue weighted by molar-refractivity contribution is 0.138. The van der Waals surface area contributed by atoms with Gasteiger partial charge in [0, 0.05) is 12.7 Å². The van der Waals surface area contributed by atoms with Gasteiger partial charge in [0.15, 0.2) is 0 Å². The maximum Gasteiger partial charge on any atom is 0.236 e. The molecule has 0 spiro atoms. The van der Waals surface area contributed by atoms with Gasteiger partial charge < -0.3 is 10.1 Å². The van der Waals surface area contributed by atoms with Crippen molar-refractivity contribution in [1.29, 1.82) is 0 Å². The van der Waals surface area contributed by atoms with E-state index < -0.39 is 0 Å². The zero-order valence-corrected chi connectivity index (χ0v) is 9.97. The Morgan fingerprint density at radius 2 is 2.35 bits per heavy atom. The Bertz CT molecular complexity index is 418. The first-order chi connectivity index (χ1) is 8.34. The second-order valence-corrected chi connectivity index (χ2v) is 4.77. The molecule has 3 atom stereocenters. The van der Waals surface area contributed by atoms with Gasteiger partial charge in [0.25, 0.3) is 0 Å². The zero-order valence-electron chi connectivity index (χ0n) is 9.97. The van der Waals surface area contributed by atoms with Crippen LogP contribution in [0.4, 0.5) is 0 Å². The fourth-order valence-electron chi connectivity index (χ4n) is 2.48. The van der Waals surface area contributed by atoms with E-state index in [2.05, 4.69) is 22.2 Å². The first-order valence-corrected chi connectivity index (χ1v) is 6.21. The first kappa shape index (κ1) is 10.7. The minimum atomic E-state index is 0.210. The quantitative estimate of drug-likeness (QED) is 0.790. The molecule has 3 heterocycles. The number of fused-ring (bicyclic) bond motifs is 1. The van der Waals surface area contributed by atoms with E-state index >= 15 is 0 Å². The van der Waals surface area contributed by atoms with Gasteiger partial charge in [-0.1, -0.05) is 13.0 Å². The molecular formula is C13H17N3O. The predicted molar refractivity (Wildman–Crippen MR) is 66.1 cm³/mol. The third-order valence-corrected chi connectivity index (χ3v) is 3.48. The highest BCUT2D eigenvalue weighted by molar-refractivity contribution is 5.93. The summed E-state index contributed by atoms with van der Waals surface area (Å²) in [4.78, 5) is 8.95. The normalized spacial score (nSPS) is 32.3. The summed E-state index contributed by atoms with van der Waals surface area (Å²) in [5, 5.41) is 3.41. The topological polar surface area (TPSA) is 46.5 Å². The van der Waals surface area contributed by atoms with Gasteiger partial charge in [-0.3, -0.25) is 4.98 Å². The predicted octanol–water partition coefficient (Wildman–Crippen LogP) is 1.22. The molecule has 1 saturated heterocycles. The number of nitrogens with one attached hydrogen (secondary N) is 1. The van der Waals surface area contributed by atoms with Crippen molar-refractivity contribution in [3.8, 4) is 0 Å². The number of aromatic nitrogens is 1. The number of rotatable bonds is 1. The van der Waals surface area contributed by atoms with Crippen LogP contribution in [0.25, 0.3) is 0 Å². The van der Waals surface area contributed by atoms with Gasteiger partial charge in [-0.2, -0.15) is 0 Å². The lowest BCUT2D eigenvalue weighted by Gasteiger charge is -2.20. The van der Waals surface area contributed by atoms with E-state index in [1.807, 2.05) is 18.2 Å². The third kappa shape index (κ3) is 2.05. The van der Waals surface area contributed by atoms with Gasteiger partial charge in [0.2, 0.25) is 5.90 Å². The number of hydrogen-bond acceptors (Lipinski definition) is 4. The van der Waals surface area contributed by atoms with Gasteiger partial charge >= 0.3 is 0 Å². The number of aliphatic imine (C=N–C) groups is 1. The van der Waals surface area contributed by atoms with Crippen LogP contribution in [0, 0.1) is 5.92 Å². The molecule has 3 unspecified atom stereocenters. The number of hydrogen-bond donors (Lipinski definition) is 1. The molecule has 4 nitrogen and oxygen atoms in total. The fourth-order valence-corrected chi connectivity index (χ4v) is 2.48. The second-order valence-electron chi connectivity index (χ2n) is 4.77. The van der Waals surface area contributed by atoms with Crippen LogP contribution >= 0.6 is 0 Å². The van der Waals surface area contributed by atoms with Crippen LogP contribution in [0.15, 0.2) is 29.4 Å². The summed E-state index contributed by atoms with van der Waals surface area (Å²) in [5.74, 6) is 1.25. The molecule has 1 aromatic rings. The van der Waals surface area contributed by atoms with E-state index in [0.717, 1.165) is 25.2 Å². The molecule has 0 saturated carbocycles. The maximum absolute atomic E-state index is 5.99. The van der Waals surface area contributed by atoms with Gasteiger partial charge in [0.05, 0.1) is 0 Å². The van der Waals surface area contributed by atoms with Crippen molar-refractivity contribution in [2.75, 3.05) is 13.1 Å². The van der Waals surface area contributed by atoms with E-state index in [0.29, 0.717) is 11.8 Å². The Labute approximate surface area is 101 Å². The van der Waals surface area contributed by atoms with E-state index in [9.17, 15) is 0 Å². The largest absolute Gasteiger partial charge is 0.470 e. The summed E-state index contributed by atoms with van der Waals surface area (Å²) in [7, 11) is 0. The summed E-state index contributed by atoms with van der Waals surface area (Å²) in [6.45, 7) is 4.21. The van der Waals surface area contributed by atoms with Crippen molar-refractivity contribution < 1.29 is 4.74 Å². The molecule has 17 heavy (non-hydrogen) atoms. The molecule has 0 amide bonds. The minimum Gasteiger partial charge on any atom is -0.470 e. The fraction of sp³-hybridized carbons (Fsp3) is 0.538. The van der Waals surface area contributed by atoms with Crippen LogP contribution in [-0.2, 0) is 4.74 Å². The molecule has 1 fully saturated rings. The van der Waals surface area contributed by atoms with Crippen molar-refractivity contribution in [2.24, 2.45) is 10.9 Å². The Morgan fingerprint density at radius 3 is 3.18 bits per heavy atom. The molecule has 2 aliphatic heterocycles. The van der Waals surface area contributed by atoms with Crippen molar-refractivity contribution in [1.82, 2.24) is 10.3 Å². The van der Waals surface area contributed by atoms with Crippen LogP contribution in [-0.4, -0.2) is 36.1 Å². The molecule has 0 aliphatic carbocycles. The summed E-state index contributed by atoms with van der Waals surface area (Å²) in [6, 6.07) is 6.05. The monoisotopic (exact) mass is 231 g/mol. The van der Waals surface area contributed by atoms with Crippen LogP contribution in [0.1, 0.15) is 19.0 Å². The molecule has 2 aliphatic rings. The number of pyridine rings is 1. The third-order valence-electron chi connectivity index (χ3n) is 3.48. The lowest BCUT2D eigenvalue weighted by atomic mass is 9.97. The second kappa shape index (κ2) is 4.45. The number of nitrogens with zero attached hydrogens (tertiary/aromatic N) is 2. The standard InChI is InChI=1S/C13H17N3O/c1-9-5-7-14-8-11-12(9)17-13(16-11)10-4-2-3-6-15-10/h2-4,6,9,11-12,14H,5,7-8H2,1H3. The molecule has 0 radical (unpaired) electrons. The van der Waals surface area contributed by atoms with Crippen molar-refractivity contribution in [3.63, 3.8) is 0 Å². The molecule has 4 heteroatoms. The summed E-state index contributed by atoms with van der Waals surface area (Å²) in [5.41, 5.74) is 0.841. The minimum absolute atomic E-state index is 0.210. The Balaban J connectivity index is 1.84. The highest BCUT2D eigenvalue weighted by Crippen LogP contribution is 2.26. The van der Waals surface area contributed by atoms with Crippen LogP contribution < -0.4 is 5.32 Å². The Kier molecular flexibility index (Phi) is 2.81. The zero-order chi connectivity index (χ0) is 11.7. The summed E-state index contributed by atoms with van der Waals surface area (Å²) >= 11 is 0. The van der Waals surface area contributed by atoms with E-state index in [1.165, 1.54) is 0 Å². The van der Waals surface area contributed by atoms with Crippen LogP contribution in [0.2, 0.25) is 0 Å². The van der Waals surface area contributed by atoms with E-state index in [-0.39, 0.29) is 12.1 Å². The summed E-state index contributed by atoms with van der Waals surface area (Å²) < 4.78 is 5.99.